The second kappa shape index (κ2) is 11.1. The molecule has 2 aliphatic heterocycles. The van der Waals surface area contributed by atoms with Gasteiger partial charge in [0.1, 0.15) is 5.75 Å². The molecular weight excluding hydrogens is 481 g/mol. The molecule has 1 saturated heterocycles. The van der Waals surface area contributed by atoms with Crippen LogP contribution >= 0.6 is 0 Å². The standard InChI is InChI=1S/C28H35F3N4O2/c1-18-15-20-7-10-23(37-28(29,30)31)16-24(20)27(33-25(18)17-26(36)32-2)19-5-8-21(9-6-19)35(4)22-11-13-34(3)14-12-22/h5-10,16,18,22,25H,11-15,17H2,1-4H3,(H,32,36). The Balaban J connectivity index is 1.70. The van der Waals surface area contributed by atoms with Gasteiger partial charge in [-0.15, -0.1) is 13.2 Å². The number of anilines is 1. The van der Waals surface area contributed by atoms with Gasteiger partial charge in [-0.3, -0.25) is 9.79 Å². The van der Waals surface area contributed by atoms with Gasteiger partial charge in [0.25, 0.3) is 0 Å². The highest BCUT2D eigenvalue weighted by Crippen LogP contribution is 2.33. The SMILES string of the molecule is CNC(=O)CC1N=C(c2ccc(N(C)C3CCN(C)CC3)cc2)c2cc(OC(F)(F)F)ccc2CC1C. The second-order valence-corrected chi connectivity index (χ2v) is 10.2. The molecule has 1 amide bonds. The van der Waals surface area contributed by atoms with Crippen LogP contribution in [0.5, 0.6) is 5.75 Å². The van der Waals surface area contributed by atoms with Crippen LogP contribution in [0.25, 0.3) is 0 Å². The van der Waals surface area contributed by atoms with Crippen molar-refractivity contribution in [3.8, 4) is 5.75 Å². The first kappa shape index (κ1) is 27.0. The largest absolute Gasteiger partial charge is 0.573 e. The summed E-state index contributed by atoms with van der Waals surface area (Å²) in [5.41, 5.74) is 3.94. The van der Waals surface area contributed by atoms with Crippen molar-refractivity contribution in [3.63, 3.8) is 0 Å². The lowest BCUT2D eigenvalue weighted by molar-refractivity contribution is -0.274. The van der Waals surface area contributed by atoms with E-state index in [1.54, 1.807) is 13.1 Å². The third-order valence-electron chi connectivity index (χ3n) is 7.52. The number of likely N-dealkylation sites (tertiary alicyclic amines) is 1. The van der Waals surface area contributed by atoms with E-state index >= 15 is 0 Å². The summed E-state index contributed by atoms with van der Waals surface area (Å²) in [5, 5.41) is 2.66. The molecule has 1 N–H and O–H groups in total. The molecule has 0 aliphatic carbocycles. The Morgan fingerprint density at radius 3 is 2.46 bits per heavy atom. The van der Waals surface area contributed by atoms with Gasteiger partial charge in [0.2, 0.25) is 5.91 Å². The van der Waals surface area contributed by atoms with Crippen LogP contribution in [0.4, 0.5) is 18.9 Å². The van der Waals surface area contributed by atoms with Crippen LogP contribution < -0.4 is 15.0 Å². The maximum atomic E-state index is 13.0. The number of hydrogen-bond donors (Lipinski definition) is 1. The molecule has 0 spiro atoms. The van der Waals surface area contributed by atoms with Crippen molar-refractivity contribution in [1.82, 2.24) is 10.2 Å². The van der Waals surface area contributed by atoms with Gasteiger partial charge in [-0.05, 0) is 75.1 Å². The number of hydrogen-bond acceptors (Lipinski definition) is 5. The summed E-state index contributed by atoms with van der Waals surface area (Å²) >= 11 is 0. The van der Waals surface area contributed by atoms with E-state index in [9.17, 15) is 18.0 Å². The van der Waals surface area contributed by atoms with Gasteiger partial charge in [0.05, 0.1) is 11.8 Å². The summed E-state index contributed by atoms with van der Waals surface area (Å²) in [5.74, 6) is -0.380. The molecule has 2 heterocycles. The number of amides is 1. The molecule has 0 bridgehead atoms. The minimum absolute atomic E-state index is 0.0257. The van der Waals surface area contributed by atoms with E-state index in [-0.39, 0.29) is 30.0 Å². The number of aliphatic imine (C=N–C) groups is 1. The molecule has 9 heteroatoms. The molecule has 0 aromatic heterocycles. The highest BCUT2D eigenvalue weighted by molar-refractivity contribution is 6.14. The normalized spacial score (nSPS) is 21.0. The minimum Gasteiger partial charge on any atom is -0.406 e. The monoisotopic (exact) mass is 516 g/mol. The molecule has 1 fully saturated rings. The fourth-order valence-corrected chi connectivity index (χ4v) is 5.21. The van der Waals surface area contributed by atoms with Crippen LogP contribution in [0.15, 0.2) is 47.5 Å². The summed E-state index contributed by atoms with van der Waals surface area (Å²) in [6.07, 6.45) is -1.80. The molecule has 2 unspecified atom stereocenters. The average molecular weight is 517 g/mol. The number of rotatable bonds is 6. The third-order valence-corrected chi connectivity index (χ3v) is 7.52. The summed E-state index contributed by atoms with van der Waals surface area (Å²) < 4.78 is 43.1. The van der Waals surface area contributed by atoms with Gasteiger partial charge >= 0.3 is 6.36 Å². The number of benzene rings is 2. The number of nitrogens with one attached hydrogen (secondary N) is 1. The summed E-state index contributed by atoms with van der Waals surface area (Å²) in [4.78, 5) is 21.8. The van der Waals surface area contributed by atoms with Crippen LogP contribution in [0, 0.1) is 5.92 Å². The van der Waals surface area contributed by atoms with Crippen LogP contribution in [-0.4, -0.2) is 69.2 Å². The van der Waals surface area contributed by atoms with Crippen LogP contribution in [-0.2, 0) is 11.2 Å². The van der Waals surface area contributed by atoms with Crippen molar-refractivity contribution < 1.29 is 22.7 Å². The van der Waals surface area contributed by atoms with E-state index in [4.69, 9.17) is 4.99 Å². The molecule has 6 nitrogen and oxygen atoms in total. The maximum Gasteiger partial charge on any atom is 0.573 e. The molecule has 4 rings (SSSR count). The Bertz CT molecular complexity index is 1130. The van der Waals surface area contributed by atoms with E-state index in [1.165, 1.54) is 12.1 Å². The quantitative estimate of drug-likeness (QED) is 0.608. The first-order valence-electron chi connectivity index (χ1n) is 12.7. The van der Waals surface area contributed by atoms with Crippen molar-refractivity contribution in [2.24, 2.45) is 10.9 Å². The van der Waals surface area contributed by atoms with Crippen molar-refractivity contribution in [2.75, 3.05) is 39.1 Å². The van der Waals surface area contributed by atoms with E-state index in [1.807, 2.05) is 31.2 Å². The van der Waals surface area contributed by atoms with E-state index in [2.05, 4.69) is 33.9 Å². The van der Waals surface area contributed by atoms with Crippen LogP contribution in [0.3, 0.4) is 0 Å². The Labute approximate surface area is 216 Å². The minimum atomic E-state index is -4.79. The molecule has 2 aliphatic rings. The zero-order chi connectivity index (χ0) is 26.7. The number of carbonyl (C=O) groups is 1. The lowest BCUT2D eigenvalue weighted by Crippen LogP contribution is -2.41. The number of fused-ring (bicyclic) bond motifs is 1. The Morgan fingerprint density at radius 2 is 1.84 bits per heavy atom. The Morgan fingerprint density at radius 1 is 1.16 bits per heavy atom. The number of ether oxygens (including phenoxy) is 1. The zero-order valence-corrected chi connectivity index (χ0v) is 21.8. The van der Waals surface area contributed by atoms with Crippen molar-refractivity contribution in [3.05, 3.63) is 59.2 Å². The van der Waals surface area contributed by atoms with Crippen LogP contribution in [0.2, 0.25) is 0 Å². The van der Waals surface area contributed by atoms with E-state index in [0.29, 0.717) is 23.7 Å². The predicted octanol–water partition coefficient (Wildman–Crippen LogP) is 4.65. The fourth-order valence-electron chi connectivity index (χ4n) is 5.21. The molecular formula is C28H35F3N4O2. The number of piperidine rings is 1. The predicted molar refractivity (Wildman–Crippen MR) is 139 cm³/mol. The van der Waals surface area contributed by atoms with Gasteiger partial charge in [-0.1, -0.05) is 25.1 Å². The molecule has 2 aromatic rings. The van der Waals surface area contributed by atoms with Gasteiger partial charge in [-0.2, -0.15) is 0 Å². The molecule has 2 atom stereocenters. The van der Waals surface area contributed by atoms with Crippen LogP contribution in [0.1, 0.15) is 42.9 Å². The summed E-state index contributed by atoms with van der Waals surface area (Å²) in [6.45, 7) is 4.14. The average Bonchev–Trinajstić information content (AvgIpc) is 2.99. The number of carbonyl (C=O) groups excluding carboxylic acids is 1. The smallest absolute Gasteiger partial charge is 0.406 e. The number of halogens is 3. The second-order valence-electron chi connectivity index (χ2n) is 10.2. The molecule has 2 aromatic carbocycles. The summed E-state index contributed by atoms with van der Waals surface area (Å²) in [7, 11) is 5.83. The first-order chi connectivity index (χ1) is 17.5. The van der Waals surface area contributed by atoms with Crippen molar-refractivity contribution in [1.29, 1.82) is 0 Å². The molecule has 200 valence electrons. The van der Waals surface area contributed by atoms with Crippen molar-refractivity contribution in [2.45, 2.75) is 51.1 Å². The highest BCUT2D eigenvalue weighted by atomic mass is 19.4. The van der Waals surface area contributed by atoms with Gasteiger partial charge in [-0.25, -0.2) is 0 Å². The highest BCUT2D eigenvalue weighted by Gasteiger charge is 2.33. The number of nitrogens with zero attached hydrogens (tertiary/aromatic N) is 3. The topological polar surface area (TPSA) is 57.2 Å². The third kappa shape index (κ3) is 6.63. The van der Waals surface area contributed by atoms with Crippen molar-refractivity contribution >= 4 is 17.3 Å². The zero-order valence-electron chi connectivity index (χ0n) is 21.8. The lowest BCUT2D eigenvalue weighted by atomic mass is 9.90. The van der Waals surface area contributed by atoms with Gasteiger partial charge in [0.15, 0.2) is 0 Å². The summed E-state index contributed by atoms with van der Waals surface area (Å²) in [6, 6.07) is 12.6. The molecule has 37 heavy (non-hydrogen) atoms. The lowest BCUT2D eigenvalue weighted by Gasteiger charge is -2.36. The van der Waals surface area contributed by atoms with Gasteiger partial charge in [0, 0.05) is 43.4 Å². The molecule has 0 saturated carbocycles. The Hall–Kier alpha value is -3.07. The van der Waals surface area contributed by atoms with E-state index in [0.717, 1.165) is 42.7 Å². The van der Waals surface area contributed by atoms with Gasteiger partial charge < -0.3 is 19.9 Å². The van der Waals surface area contributed by atoms with E-state index < -0.39 is 6.36 Å². The maximum absolute atomic E-state index is 13.0. The number of alkyl halides is 3. The fraction of sp³-hybridized carbons (Fsp3) is 0.500. The molecule has 0 radical (unpaired) electrons. The first-order valence-corrected chi connectivity index (χ1v) is 12.7. The Kier molecular flexibility index (Phi) is 8.11.